The smallest absolute Gasteiger partial charge is 0.243 e. The lowest BCUT2D eigenvalue weighted by atomic mass is 9.90. The van der Waals surface area contributed by atoms with E-state index < -0.39 is 6.04 Å². The van der Waals surface area contributed by atoms with Gasteiger partial charge in [0.05, 0.1) is 12.6 Å². The van der Waals surface area contributed by atoms with E-state index in [2.05, 4.69) is 10.6 Å². The number of hydrogen-bond acceptors (Lipinski definition) is 4. The lowest BCUT2D eigenvalue weighted by Crippen LogP contribution is -2.46. The number of benzene rings is 1. The number of aryl methyl sites for hydroxylation is 1. The summed E-state index contributed by atoms with van der Waals surface area (Å²) in [6, 6.07) is 4.71. The van der Waals surface area contributed by atoms with Crippen molar-refractivity contribution in [2.75, 3.05) is 11.9 Å². The summed E-state index contributed by atoms with van der Waals surface area (Å²) in [5.74, 6) is -0.587. The van der Waals surface area contributed by atoms with Gasteiger partial charge in [-0.2, -0.15) is 0 Å². The Kier molecular flexibility index (Phi) is 5.50. The average molecular weight is 317 g/mol. The molecule has 0 aliphatic heterocycles. The summed E-state index contributed by atoms with van der Waals surface area (Å²) in [7, 11) is 0. The highest BCUT2D eigenvalue weighted by Crippen LogP contribution is 2.24. The van der Waals surface area contributed by atoms with Gasteiger partial charge in [0, 0.05) is 17.7 Å². The number of nitrogens with two attached hydrogens (primary N) is 1. The SMILES string of the molecule is CC(C)[C@H](N)C(=O)NCC(=O)Nc1ccc2c(c1)C(=O)CCC2. The highest BCUT2D eigenvalue weighted by Gasteiger charge is 2.19. The van der Waals surface area contributed by atoms with Crippen molar-refractivity contribution in [1.29, 1.82) is 0 Å². The van der Waals surface area contributed by atoms with E-state index in [0.717, 1.165) is 18.4 Å². The molecule has 6 nitrogen and oxygen atoms in total. The second kappa shape index (κ2) is 7.37. The van der Waals surface area contributed by atoms with Crippen LogP contribution in [-0.2, 0) is 16.0 Å². The van der Waals surface area contributed by atoms with E-state index in [1.165, 1.54) is 0 Å². The highest BCUT2D eigenvalue weighted by molar-refractivity contribution is 6.01. The highest BCUT2D eigenvalue weighted by atomic mass is 16.2. The van der Waals surface area contributed by atoms with Crippen molar-refractivity contribution >= 4 is 23.3 Å². The van der Waals surface area contributed by atoms with Crippen molar-refractivity contribution in [3.63, 3.8) is 0 Å². The number of ketones is 1. The first-order chi connectivity index (χ1) is 10.9. The molecule has 0 spiro atoms. The van der Waals surface area contributed by atoms with E-state index in [0.29, 0.717) is 17.7 Å². The average Bonchev–Trinajstić information content (AvgIpc) is 2.52. The van der Waals surface area contributed by atoms with Crippen LogP contribution in [-0.4, -0.2) is 30.2 Å². The molecule has 0 bridgehead atoms. The molecule has 1 aliphatic rings. The maximum atomic E-state index is 11.9. The van der Waals surface area contributed by atoms with Crippen LogP contribution in [0.2, 0.25) is 0 Å². The van der Waals surface area contributed by atoms with Crippen molar-refractivity contribution in [3.8, 4) is 0 Å². The zero-order valence-corrected chi connectivity index (χ0v) is 13.5. The normalized spacial score (nSPS) is 15.0. The van der Waals surface area contributed by atoms with Crippen molar-refractivity contribution in [2.24, 2.45) is 11.7 Å². The Morgan fingerprint density at radius 3 is 2.70 bits per heavy atom. The second-order valence-corrected chi connectivity index (χ2v) is 6.18. The molecule has 1 aromatic rings. The van der Waals surface area contributed by atoms with Crippen LogP contribution in [0.25, 0.3) is 0 Å². The molecular weight excluding hydrogens is 294 g/mol. The third kappa shape index (κ3) is 4.39. The zero-order chi connectivity index (χ0) is 17.0. The topological polar surface area (TPSA) is 101 Å². The fourth-order valence-electron chi connectivity index (χ4n) is 2.50. The quantitative estimate of drug-likeness (QED) is 0.760. The molecule has 2 rings (SSSR count). The molecule has 0 unspecified atom stereocenters. The Bertz CT molecular complexity index is 626. The number of amides is 2. The Balaban J connectivity index is 1.92. The van der Waals surface area contributed by atoms with Gasteiger partial charge in [-0.15, -0.1) is 0 Å². The monoisotopic (exact) mass is 317 g/mol. The number of Topliss-reactive ketones (excluding diaryl/α,β-unsaturated/α-hetero) is 1. The van der Waals surface area contributed by atoms with E-state index in [-0.39, 0.29) is 30.1 Å². The minimum absolute atomic E-state index is 0.00437. The van der Waals surface area contributed by atoms with Crippen LogP contribution >= 0.6 is 0 Å². The molecule has 0 saturated carbocycles. The molecule has 0 radical (unpaired) electrons. The first-order valence-corrected chi connectivity index (χ1v) is 7.87. The van der Waals surface area contributed by atoms with Gasteiger partial charge in [-0.25, -0.2) is 0 Å². The molecule has 4 N–H and O–H groups in total. The van der Waals surface area contributed by atoms with Crippen LogP contribution in [0.5, 0.6) is 0 Å². The fourth-order valence-corrected chi connectivity index (χ4v) is 2.50. The van der Waals surface area contributed by atoms with Gasteiger partial charge in [0.2, 0.25) is 11.8 Å². The largest absolute Gasteiger partial charge is 0.346 e. The van der Waals surface area contributed by atoms with Gasteiger partial charge in [0.25, 0.3) is 0 Å². The minimum Gasteiger partial charge on any atom is -0.346 e. The zero-order valence-electron chi connectivity index (χ0n) is 13.5. The Morgan fingerprint density at radius 1 is 1.26 bits per heavy atom. The van der Waals surface area contributed by atoms with Gasteiger partial charge in [-0.05, 0) is 36.5 Å². The number of nitrogens with one attached hydrogen (secondary N) is 2. The van der Waals surface area contributed by atoms with Crippen molar-refractivity contribution in [3.05, 3.63) is 29.3 Å². The molecule has 1 aliphatic carbocycles. The van der Waals surface area contributed by atoms with Gasteiger partial charge >= 0.3 is 0 Å². The number of rotatable bonds is 5. The maximum absolute atomic E-state index is 11.9. The molecular formula is C17H23N3O3. The van der Waals surface area contributed by atoms with Crippen LogP contribution in [0, 0.1) is 5.92 Å². The Morgan fingerprint density at radius 2 is 2.00 bits per heavy atom. The van der Waals surface area contributed by atoms with Gasteiger partial charge in [0.15, 0.2) is 5.78 Å². The number of hydrogen-bond donors (Lipinski definition) is 3. The summed E-state index contributed by atoms with van der Waals surface area (Å²) >= 11 is 0. The van der Waals surface area contributed by atoms with Crippen LogP contribution in [0.1, 0.15) is 42.6 Å². The lowest BCUT2D eigenvalue weighted by Gasteiger charge is -2.17. The lowest BCUT2D eigenvalue weighted by molar-refractivity contribution is -0.125. The number of carbonyl (C=O) groups is 3. The van der Waals surface area contributed by atoms with Crippen molar-refractivity contribution in [2.45, 2.75) is 39.2 Å². The predicted molar refractivity (Wildman–Crippen MR) is 88.2 cm³/mol. The molecule has 1 aromatic carbocycles. The first kappa shape index (κ1) is 17.1. The molecule has 23 heavy (non-hydrogen) atoms. The number of anilines is 1. The molecule has 0 saturated heterocycles. The predicted octanol–water partition coefficient (Wildman–Crippen LogP) is 1.24. The van der Waals surface area contributed by atoms with Gasteiger partial charge in [-0.3, -0.25) is 14.4 Å². The number of carbonyl (C=O) groups excluding carboxylic acids is 3. The standard InChI is InChI=1S/C17H23N3O3/c1-10(2)16(18)17(23)19-9-15(22)20-12-7-6-11-4-3-5-14(21)13(11)8-12/h6-8,10,16H,3-5,9,18H2,1-2H3,(H,19,23)(H,20,22)/t16-/m0/s1. The Hall–Kier alpha value is -2.21. The van der Waals surface area contributed by atoms with Crippen LogP contribution in [0.3, 0.4) is 0 Å². The summed E-state index contributed by atoms with van der Waals surface area (Å²) in [6.45, 7) is 3.53. The van der Waals surface area contributed by atoms with E-state index in [9.17, 15) is 14.4 Å². The summed E-state index contributed by atoms with van der Waals surface area (Å²) in [6.07, 6.45) is 2.31. The van der Waals surface area contributed by atoms with Gasteiger partial charge < -0.3 is 16.4 Å². The minimum atomic E-state index is -0.635. The summed E-state index contributed by atoms with van der Waals surface area (Å²) in [5.41, 5.74) is 7.97. The van der Waals surface area contributed by atoms with Crippen LogP contribution in [0.4, 0.5) is 5.69 Å². The maximum Gasteiger partial charge on any atom is 0.243 e. The van der Waals surface area contributed by atoms with E-state index in [4.69, 9.17) is 5.73 Å². The van der Waals surface area contributed by atoms with Gasteiger partial charge in [0.1, 0.15) is 0 Å². The molecule has 2 amide bonds. The molecule has 124 valence electrons. The third-order valence-electron chi connectivity index (χ3n) is 3.99. The first-order valence-electron chi connectivity index (χ1n) is 7.87. The van der Waals surface area contributed by atoms with E-state index in [1.807, 2.05) is 19.9 Å². The summed E-state index contributed by atoms with van der Waals surface area (Å²) < 4.78 is 0. The Labute approximate surface area is 135 Å². The molecule has 6 heteroatoms. The van der Waals surface area contributed by atoms with Crippen molar-refractivity contribution in [1.82, 2.24) is 5.32 Å². The fraction of sp³-hybridized carbons (Fsp3) is 0.471. The van der Waals surface area contributed by atoms with E-state index >= 15 is 0 Å². The molecule has 1 atom stereocenters. The molecule has 0 fully saturated rings. The summed E-state index contributed by atoms with van der Waals surface area (Å²) in [5, 5.41) is 5.20. The summed E-state index contributed by atoms with van der Waals surface area (Å²) in [4.78, 5) is 35.5. The van der Waals surface area contributed by atoms with Crippen molar-refractivity contribution < 1.29 is 14.4 Å². The second-order valence-electron chi connectivity index (χ2n) is 6.18. The van der Waals surface area contributed by atoms with E-state index in [1.54, 1.807) is 12.1 Å². The third-order valence-corrected chi connectivity index (χ3v) is 3.99. The molecule has 0 aromatic heterocycles. The number of fused-ring (bicyclic) bond motifs is 1. The van der Waals surface area contributed by atoms with Crippen LogP contribution in [0.15, 0.2) is 18.2 Å². The molecule has 0 heterocycles. The van der Waals surface area contributed by atoms with Gasteiger partial charge in [-0.1, -0.05) is 19.9 Å². The van der Waals surface area contributed by atoms with Crippen LogP contribution < -0.4 is 16.4 Å².